The van der Waals surface area contributed by atoms with E-state index in [-0.39, 0.29) is 47.1 Å². The van der Waals surface area contributed by atoms with E-state index in [9.17, 15) is 19.5 Å². The lowest BCUT2D eigenvalue weighted by Crippen LogP contribution is -2.58. The first kappa shape index (κ1) is 20.4. The zero-order valence-corrected chi connectivity index (χ0v) is 18.7. The van der Waals surface area contributed by atoms with Crippen LogP contribution >= 0.6 is 11.6 Å². The van der Waals surface area contributed by atoms with Crippen LogP contribution in [0.5, 0.6) is 0 Å². The first-order valence-corrected chi connectivity index (χ1v) is 11.4. The Morgan fingerprint density at radius 2 is 1.93 bits per heavy atom. The van der Waals surface area contributed by atoms with Crippen molar-refractivity contribution in [2.45, 2.75) is 65.1 Å². The number of rotatable bonds is 2. The van der Waals surface area contributed by atoms with Crippen LogP contribution in [-0.4, -0.2) is 34.3 Å². The summed E-state index contributed by atoms with van der Waals surface area (Å²) in [5.74, 6) is -0.145. The van der Waals surface area contributed by atoms with Crippen LogP contribution in [0, 0.1) is 40.4 Å². The van der Waals surface area contributed by atoms with E-state index in [2.05, 4.69) is 6.92 Å². The van der Waals surface area contributed by atoms with Gasteiger partial charge in [0.05, 0.1) is 6.10 Å². The molecule has 0 radical (unpaired) electrons. The van der Waals surface area contributed by atoms with E-state index < -0.39 is 23.1 Å². The Morgan fingerprint density at radius 1 is 1.23 bits per heavy atom. The van der Waals surface area contributed by atoms with Gasteiger partial charge in [0.2, 0.25) is 0 Å². The monoisotopic (exact) mass is 432 g/mol. The molecular weight excluding hydrogens is 404 g/mol. The molecule has 0 aliphatic heterocycles. The van der Waals surface area contributed by atoms with Gasteiger partial charge in [-0.2, -0.15) is 0 Å². The Labute approximate surface area is 181 Å². The number of hydrogen-bond acceptors (Lipinski definition) is 5. The normalized spacial score (nSPS) is 50.9. The minimum Gasteiger partial charge on any atom is -0.451 e. The molecule has 6 heteroatoms. The molecule has 5 aliphatic carbocycles. The molecule has 0 aromatic rings. The first-order chi connectivity index (χ1) is 14.0. The predicted octanol–water partition coefficient (Wildman–Crippen LogP) is 3.58. The average molecular weight is 433 g/mol. The van der Waals surface area contributed by atoms with Gasteiger partial charge >= 0.3 is 5.97 Å². The second-order valence-electron chi connectivity index (χ2n) is 10.6. The lowest BCUT2D eigenvalue weighted by molar-refractivity contribution is -0.185. The molecule has 162 valence electrons. The number of Topliss-reactive ketones (excluding diaryl/α,β-unsaturated/α-hetero) is 1. The lowest BCUT2D eigenvalue weighted by Gasteiger charge is -2.58. The number of ketones is 2. The van der Waals surface area contributed by atoms with Gasteiger partial charge in [-0.25, -0.2) is 0 Å². The number of esters is 1. The van der Waals surface area contributed by atoms with Gasteiger partial charge < -0.3 is 9.84 Å². The van der Waals surface area contributed by atoms with Gasteiger partial charge in [-0.3, -0.25) is 14.4 Å². The zero-order chi connectivity index (χ0) is 21.8. The van der Waals surface area contributed by atoms with Crippen LogP contribution in [0.1, 0.15) is 53.4 Å². The summed E-state index contributed by atoms with van der Waals surface area (Å²) in [7, 11) is 0. The fourth-order valence-corrected chi connectivity index (χ4v) is 8.48. The summed E-state index contributed by atoms with van der Waals surface area (Å²) in [5, 5.41) is 11.8. The Morgan fingerprint density at radius 3 is 2.57 bits per heavy atom. The summed E-state index contributed by atoms with van der Waals surface area (Å²) in [5.41, 5.74) is -1.22. The highest BCUT2D eigenvalue weighted by Crippen LogP contribution is 2.72. The number of aliphatic hydroxyl groups excluding tert-OH is 1. The smallest absolute Gasteiger partial charge is 0.303 e. The Bertz CT molecular complexity index is 936. The molecule has 5 aliphatic rings. The van der Waals surface area contributed by atoms with E-state index in [4.69, 9.17) is 16.3 Å². The van der Waals surface area contributed by atoms with E-state index in [1.165, 1.54) is 13.8 Å². The van der Waals surface area contributed by atoms with E-state index in [0.717, 1.165) is 18.4 Å². The van der Waals surface area contributed by atoms with Crippen molar-refractivity contribution in [3.8, 4) is 0 Å². The van der Waals surface area contributed by atoms with Crippen molar-refractivity contribution in [2.75, 3.05) is 0 Å². The molecule has 5 nitrogen and oxygen atoms in total. The number of ether oxygens (including phenoxy) is 1. The Kier molecular flexibility index (Phi) is 4.14. The van der Waals surface area contributed by atoms with Crippen LogP contribution in [0.2, 0.25) is 0 Å². The molecule has 9 atom stereocenters. The van der Waals surface area contributed by atoms with Crippen molar-refractivity contribution in [3.05, 3.63) is 22.8 Å². The molecule has 30 heavy (non-hydrogen) atoms. The summed E-state index contributed by atoms with van der Waals surface area (Å²) in [6, 6.07) is 0. The van der Waals surface area contributed by atoms with Crippen LogP contribution in [0.25, 0.3) is 0 Å². The molecule has 0 aromatic heterocycles. The highest BCUT2D eigenvalue weighted by atomic mass is 35.5. The standard InChI is InChI=1S/C24H29ClO5/c1-11(26)24(30-12(2)27)10-20(29)21-14-8-18(25)17-9-19(28)13-7-16(13)23(17,4)15(14)5-6-22(21,24)3/h8-9,13-16,20-21,29H,5-7,10H2,1-4H3/t13?,14-,15+,16?,20?,21-,22+,23+,24+/m1/s1. The fourth-order valence-electron chi connectivity index (χ4n) is 8.07. The third kappa shape index (κ3) is 2.26. The molecule has 0 saturated heterocycles. The highest BCUT2D eigenvalue weighted by molar-refractivity contribution is 6.32. The number of hydrogen-bond donors (Lipinski definition) is 1. The molecule has 0 bridgehead atoms. The maximum atomic E-state index is 12.8. The number of fused-ring (bicyclic) bond motifs is 7. The fraction of sp³-hybridized carbons (Fsp3) is 0.708. The van der Waals surface area contributed by atoms with E-state index in [1.54, 1.807) is 6.08 Å². The molecule has 0 amide bonds. The highest BCUT2D eigenvalue weighted by Gasteiger charge is 2.72. The largest absolute Gasteiger partial charge is 0.451 e. The Balaban J connectivity index is 1.63. The Hall–Kier alpha value is -1.46. The van der Waals surface area contributed by atoms with Gasteiger partial charge in [0.15, 0.2) is 17.2 Å². The van der Waals surface area contributed by atoms with Crippen LogP contribution in [0.3, 0.4) is 0 Å². The van der Waals surface area contributed by atoms with Crippen molar-refractivity contribution in [2.24, 2.45) is 40.4 Å². The summed E-state index contributed by atoms with van der Waals surface area (Å²) in [4.78, 5) is 37.2. The number of halogens is 1. The third-order valence-electron chi connectivity index (χ3n) is 9.47. The number of allylic oxidation sites excluding steroid dienone is 4. The van der Waals surface area contributed by atoms with Crippen molar-refractivity contribution >= 4 is 29.1 Å². The lowest BCUT2D eigenvalue weighted by atomic mass is 9.47. The van der Waals surface area contributed by atoms with Gasteiger partial charge in [0, 0.05) is 41.0 Å². The zero-order valence-electron chi connectivity index (χ0n) is 17.9. The minimum atomic E-state index is -1.31. The second kappa shape index (κ2) is 6.07. The maximum absolute atomic E-state index is 12.8. The molecule has 0 heterocycles. The summed E-state index contributed by atoms with van der Waals surface area (Å²) >= 11 is 6.76. The first-order valence-electron chi connectivity index (χ1n) is 11.0. The third-order valence-corrected chi connectivity index (χ3v) is 9.80. The van der Waals surface area contributed by atoms with Gasteiger partial charge in [0.25, 0.3) is 0 Å². The summed E-state index contributed by atoms with van der Waals surface area (Å²) in [6.45, 7) is 7.01. The van der Waals surface area contributed by atoms with Crippen LogP contribution in [0.15, 0.2) is 22.8 Å². The van der Waals surface area contributed by atoms with E-state index >= 15 is 0 Å². The van der Waals surface area contributed by atoms with Crippen molar-refractivity contribution < 1.29 is 24.2 Å². The summed E-state index contributed by atoms with van der Waals surface area (Å²) < 4.78 is 5.73. The van der Waals surface area contributed by atoms with Gasteiger partial charge in [-0.05, 0) is 55.6 Å². The molecule has 0 spiro atoms. The number of carbonyl (C=O) groups excluding carboxylic acids is 3. The number of carbonyl (C=O) groups is 3. The topological polar surface area (TPSA) is 80.7 Å². The molecule has 0 aromatic carbocycles. The molecule has 3 saturated carbocycles. The van der Waals surface area contributed by atoms with Gasteiger partial charge in [-0.1, -0.05) is 31.5 Å². The molecule has 5 rings (SSSR count). The van der Waals surface area contributed by atoms with Gasteiger partial charge in [-0.15, -0.1) is 0 Å². The SMILES string of the molecule is CC(=O)O[C@]1(C(C)=O)CC(O)[C@H]2[C@@H]3C=C(Cl)C4=CC(=O)C5CC5[C@]4(C)[C@H]3CC[C@@]21C. The van der Waals surface area contributed by atoms with Crippen molar-refractivity contribution in [1.82, 2.24) is 0 Å². The van der Waals surface area contributed by atoms with Crippen LogP contribution in [-0.2, 0) is 19.1 Å². The molecule has 3 fully saturated rings. The van der Waals surface area contributed by atoms with E-state index in [1.807, 2.05) is 13.0 Å². The van der Waals surface area contributed by atoms with Gasteiger partial charge in [0.1, 0.15) is 0 Å². The van der Waals surface area contributed by atoms with Crippen molar-refractivity contribution in [1.29, 1.82) is 0 Å². The molecule has 3 unspecified atom stereocenters. The quantitative estimate of drug-likeness (QED) is 0.674. The maximum Gasteiger partial charge on any atom is 0.303 e. The molecular formula is C24H29ClO5. The number of aliphatic hydroxyl groups is 1. The minimum absolute atomic E-state index is 0.0281. The average Bonchev–Trinajstić information content (AvgIpc) is 3.41. The summed E-state index contributed by atoms with van der Waals surface area (Å²) in [6.07, 6.45) is 5.54. The second-order valence-corrected chi connectivity index (χ2v) is 11.0. The van der Waals surface area contributed by atoms with E-state index in [0.29, 0.717) is 17.4 Å². The molecule has 1 N–H and O–H groups in total. The van der Waals surface area contributed by atoms with Crippen molar-refractivity contribution in [3.63, 3.8) is 0 Å². The predicted molar refractivity (Wildman–Crippen MR) is 110 cm³/mol. The van der Waals surface area contributed by atoms with Crippen LogP contribution in [0.4, 0.5) is 0 Å². The van der Waals surface area contributed by atoms with Crippen LogP contribution < -0.4 is 0 Å².